The van der Waals surface area contributed by atoms with Crippen LogP contribution in [0.15, 0.2) is 0 Å². The Morgan fingerprint density at radius 3 is 2.35 bits per heavy atom. The first kappa shape index (κ1) is 15.9. The van der Waals surface area contributed by atoms with Gasteiger partial charge in [-0.05, 0) is 20.8 Å². The minimum Gasteiger partial charge on any atom is -0.465 e. The van der Waals surface area contributed by atoms with Crippen LogP contribution < -0.4 is 5.73 Å². The number of carbonyl (C=O) groups is 2. The van der Waals surface area contributed by atoms with E-state index < -0.39 is 12.0 Å². The molecule has 0 aliphatic rings. The molecule has 6 nitrogen and oxygen atoms in total. The molecular formula is C11H22N2O4. The first-order valence-corrected chi connectivity index (χ1v) is 5.64. The summed E-state index contributed by atoms with van der Waals surface area (Å²) < 4.78 is 9.63. The van der Waals surface area contributed by atoms with Gasteiger partial charge in [-0.1, -0.05) is 0 Å². The van der Waals surface area contributed by atoms with Crippen molar-refractivity contribution < 1.29 is 19.1 Å². The van der Waals surface area contributed by atoms with Gasteiger partial charge in [0.2, 0.25) is 5.91 Å². The average molecular weight is 246 g/mol. The molecule has 0 saturated heterocycles. The van der Waals surface area contributed by atoms with Crippen LogP contribution in [0.25, 0.3) is 0 Å². The third-order valence-electron chi connectivity index (χ3n) is 2.17. The molecule has 0 fully saturated rings. The maximum Gasteiger partial charge on any atom is 0.325 e. The smallest absolute Gasteiger partial charge is 0.325 e. The molecule has 0 aromatic rings. The van der Waals surface area contributed by atoms with Crippen LogP contribution in [0, 0.1) is 0 Å². The molecule has 0 heterocycles. The van der Waals surface area contributed by atoms with E-state index in [1.165, 1.54) is 12.0 Å². The first-order valence-electron chi connectivity index (χ1n) is 5.64. The van der Waals surface area contributed by atoms with Crippen molar-refractivity contribution in [2.45, 2.75) is 32.9 Å². The fourth-order valence-corrected chi connectivity index (χ4v) is 1.32. The van der Waals surface area contributed by atoms with Gasteiger partial charge in [-0.15, -0.1) is 0 Å². The molecule has 0 aliphatic heterocycles. The normalized spacial score (nSPS) is 12.4. The van der Waals surface area contributed by atoms with Crippen molar-refractivity contribution in [2.24, 2.45) is 5.73 Å². The van der Waals surface area contributed by atoms with Crippen molar-refractivity contribution >= 4 is 11.9 Å². The van der Waals surface area contributed by atoms with Gasteiger partial charge in [-0.25, -0.2) is 0 Å². The van der Waals surface area contributed by atoms with E-state index in [-0.39, 0.29) is 25.1 Å². The molecule has 0 radical (unpaired) electrons. The molecular weight excluding hydrogens is 224 g/mol. The van der Waals surface area contributed by atoms with E-state index in [2.05, 4.69) is 0 Å². The van der Waals surface area contributed by atoms with Crippen LogP contribution in [0.1, 0.15) is 20.8 Å². The molecule has 1 atom stereocenters. The maximum atomic E-state index is 11.9. The fraction of sp³-hybridized carbons (Fsp3) is 0.818. The Morgan fingerprint density at radius 2 is 1.94 bits per heavy atom. The third-order valence-corrected chi connectivity index (χ3v) is 2.17. The summed E-state index contributed by atoms with van der Waals surface area (Å²) in [7, 11) is 1.47. The standard InChI is InChI=1S/C11H22N2O4/c1-5-17-10(14)6-13(8(2)3)11(15)9(12)7-16-4/h8-9H,5-7,12H2,1-4H3. The molecule has 0 aliphatic carbocycles. The molecule has 0 bridgehead atoms. The van der Waals surface area contributed by atoms with Gasteiger partial charge < -0.3 is 20.1 Å². The van der Waals surface area contributed by atoms with Gasteiger partial charge in [-0.3, -0.25) is 9.59 Å². The molecule has 0 aromatic carbocycles. The summed E-state index contributed by atoms with van der Waals surface area (Å²) in [6.45, 7) is 5.69. The number of nitrogens with zero attached hydrogens (tertiary/aromatic N) is 1. The lowest BCUT2D eigenvalue weighted by Crippen LogP contribution is -2.50. The number of carbonyl (C=O) groups excluding carboxylic acids is 2. The Labute approximate surface area is 102 Å². The maximum absolute atomic E-state index is 11.9. The lowest BCUT2D eigenvalue weighted by atomic mass is 10.2. The Morgan fingerprint density at radius 1 is 1.35 bits per heavy atom. The molecule has 1 unspecified atom stereocenters. The van der Waals surface area contributed by atoms with Crippen LogP contribution in [0.2, 0.25) is 0 Å². The molecule has 1 amide bonds. The van der Waals surface area contributed by atoms with Crippen molar-refractivity contribution in [3.63, 3.8) is 0 Å². The first-order chi connectivity index (χ1) is 7.93. The molecule has 0 spiro atoms. The summed E-state index contributed by atoms with van der Waals surface area (Å²) in [5.41, 5.74) is 5.65. The summed E-state index contributed by atoms with van der Waals surface area (Å²) in [5, 5.41) is 0. The zero-order chi connectivity index (χ0) is 13.4. The second-order valence-electron chi connectivity index (χ2n) is 3.93. The second-order valence-corrected chi connectivity index (χ2v) is 3.93. The number of hydrogen-bond acceptors (Lipinski definition) is 5. The Bertz CT molecular complexity index is 256. The molecule has 0 aromatic heterocycles. The van der Waals surface area contributed by atoms with E-state index in [4.69, 9.17) is 15.2 Å². The van der Waals surface area contributed by atoms with E-state index in [9.17, 15) is 9.59 Å². The monoisotopic (exact) mass is 246 g/mol. The van der Waals surface area contributed by atoms with Gasteiger partial charge >= 0.3 is 5.97 Å². The highest BCUT2D eigenvalue weighted by Crippen LogP contribution is 2.02. The van der Waals surface area contributed by atoms with Crippen LogP contribution in [0.5, 0.6) is 0 Å². The highest BCUT2D eigenvalue weighted by Gasteiger charge is 2.25. The summed E-state index contributed by atoms with van der Waals surface area (Å²) >= 11 is 0. The minimum absolute atomic E-state index is 0.0816. The average Bonchev–Trinajstić information content (AvgIpc) is 2.25. The highest BCUT2D eigenvalue weighted by molar-refractivity contribution is 5.86. The van der Waals surface area contributed by atoms with Crippen molar-refractivity contribution in [1.82, 2.24) is 4.90 Å². The number of amides is 1. The number of ether oxygens (including phenoxy) is 2. The number of nitrogens with two attached hydrogens (primary N) is 1. The zero-order valence-corrected chi connectivity index (χ0v) is 10.9. The van der Waals surface area contributed by atoms with Crippen molar-refractivity contribution in [3.8, 4) is 0 Å². The summed E-state index contributed by atoms with van der Waals surface area (Å²) in [6.07, 6.45) is 0. The lowest BCUT2D eigenvalue weighted by molar-refractivity contribution is -0.150. The van der Waals surface area contributed by atoms with Gasteiger partial charge in [0.25, 0.3) is 0 Å². The predicted octanol–water partition coefficient (Wildman–Crippen LogP) is -0.240. The molecule has 0 rings (SSSR count). The molecule has 0 saturated carbocycles. The van der Waals surface area contributed by atoms with Crippen molar-refractivity contribution in [1.29, 1.82) is 0 Å². The van der Waals surface area contributed by atoms with Crippen LogP contribution in [0.4, 0.5) is 0 Å². The molecule has 6 heteroatoms. The lowest BCUT2D eigenvalue weighted by Gasteiger charge is -2.28. The predicted molar refractivity (Wildman–Crippen MR) is 63.3 cm³/mol. The summed E-state index contributed by atoms with van der Waals surface area (Å²) in [4.78, 5) is 24.7. The van der Waals surface area contributed by atoms with Gasteiger partial charge in [-0.2, -0.15) is 0 Å². The Balaban J connectivity index is 4.51. The molecule has 2 N–H and O–H groups in total. The van der Waals surface area contributed by atoms with E-state index in [0.717, 1.165) is 0 Å². The Hall–Kier alpha value is -1.14. The van der Waals surface area contributed by atoms with Crippen LogP contribution >= 0.6 is 0 Å². The van der Waals surface area contributed by atoms with Crippen molar-refractivity contribution in [3.05, 3.63) is 0 Å². The van der Waals surface area contributed by atoms with Gasteiger partial charge in [0.1, 0.15) is 12.6 Å². The number of rotatable bonds is 7. The minimum atomic E-state index is -0.753. The summed E-state index contributed by atoms with van der Waals surface area (Å²) in [6, 6.07) is -0.869. The number of methoxy groups -OCH3 is 1. The number of esters is 1. The fourth-order valence-electron chi connectivity index (χ4n) is 1.32. The van der Waals surface area contributed by atoms with Crippen LogP contribution in [-0.2, 0) is 19.1 Å². The third kappa shape index (κ3) is 5.65. The van der Waals surface area contributed by atoms with Crippen LogP contribution in [0.3, 0.4) is 0 Å². The van der Waals surface area contributed by atoms with E-state index in [1.54, 1.807) is 6.92 Å². The SMILES string of the molecule is CCOC(=O)CN(C(=O)C(N)COC)C(C)C. The van der Waals surface area contributed by atoms with Gasteiger partial charge in [0.15, 0.2) is 0 Å². The molecule has 17 heavy (non-hydrogen) atoms. The van der Waals surface area contributed by atoms with Crippen molar-refractivity contribution in [2.75, 3.05) is 26.9 Å². The van der Waals surface area contributed by atoms with Gasteiger partial charge in [0, 0.05) is 13.2 Å². The van der Waals surface area contributed by atoms with Crippen LogP contribution in [-0.4, -0.2) is 55.7 Å². The van der Waals surface area contributed by atoms with E-state index in [1.807, 2.05) is 13.8 Å². The van der Waals surface area contributed by atoms with E-state index >= 15 is 0 Å². The quantitative estimate of drug-likeness (QED) is 0.627. The highest BCUT2D eigenvalue weighted by atomic mass is 16.5. The molecule has 100 valence electrons. The topological polar surface area (TPSA) is 81.9 Å². The van der Waals surface area contributed by atoms with E-state index in [0.29, 0.717) is 6.61 Å². The van der Waals surface area contributed by atoms with Gasteiger partial charge in [0.05, 0.1) is 13.2 Å². The summed E-state index contributed by atoms with van der Waals surface area (Å²) in [5.74, 6) is -0.742. The zero-order valence-electron chi connectivity index (χ0n) is 10.9. The Kier molecular flexibility index (Phi) is 7.49. The number of hydrogen-bond donors (Lipinski definition) is 1. The largest absolute Gasteiger partial charge is 0.465 e. The second kappa shape index (κ2) is 8.03.